The summed E-state index contributed by atoms with van der Waals surface area (Å²) in [5, 5.41) is 2.98. The van der Waals surface area contributed by atoms with E-state index in [0.29, 0.717) is 11.3 Å². The lowest BCUT2D eigenvalue weighted by Crippen LogP contribution is -2.19. The first kappa shape index (κ1) is 17.8. The molecule has 1 N–H and O–H groups in total. The van der Waals surface area contributed by atoms with Gasteiger partial charge in [0.1, 0.15) is 5.76 Å². The molecular weight excluding hydrogens is 398 g/mol. The van der Waals surface area contributed by atoms with Gasteiger partial charge in [0, 0.05) is 15.4 Å². The van der Waals surface area contributed by atoms with Gasteiger partial charge in [-0.05, 0) is 42.8 Å². The first-order valence-electron chi connectivity index (χ1n) is 7.87. The number of hydrogen-bond donors (Lipinski definition) is 1. The van der Waals surface area contributed by atoms with Crippen molar-refractivity contribution in [2.24, 2.45) is 0 Å². The van der Waals surface area contributed by atoms with Gasteiger partial charge in [0.15, 0.2) is 0 Å². The summed E-state index contributed by atoms with van der Waals surface area (Å²) in [5.74, 6) is 0.520. The van der Waals surface area contributed by atoms with Crippen molar-refractivity contribution in [3.05, 3.63) is 80.9 Å². The van der Waals surface area contributed by atoms with Crippen LogP contribution in [-0.4, -0.2) is 18.3 Å². The maximum atomic E-state index is 12.8. The molecule has 0 bridgehead atoms. The zero-order valence-electron chi connectivity index (χ0n) is 14.0. The number of benzene rings is 2. The maximum absolute atomic E-state index is 12.8. The molecule has 0 aliphatic carbocycles. The van der Waals surface area contributed by atoms with Gasteiger partial charge in [-0.25, -0.2) is 0 Å². The van der Waals surface area contributed by atoms with Gasteiger partial charge in [-0.15, -0.1) is 11.8 Å². The Bertz CT molecular complexity index is 829. The van der Waals surface area contributed by atoms with E-state index in [4.69, 9.17) is 4.74 Å². The van der Waals surface area contributed by atoms with Gasteiger partial charge in [0.25, 0.3) is 5.91 Å². The summed E-state index contributed by atoms with van der Waals surface area (Å²) in [6.45, 7) is 2.02. The standard InChI is InChI=1S/C20H18BrNO2S/c1-13-18(20(23)22-16-10-8-15(21)9-11-16)19(24-2)17(25-13)12-14-6-4-3-5-7-14/h3-13H,1-2H3,(H,22,23)/b17-12-. The molecule has 3 rings (SSSR count). The maximum Gasteiger partial charge on any atom is 0.256 e. The van der Waals surface area contributed by atoms with E-state index < -0.39 is 0 Å². The molecule has 1 unspecified atom stereocenters. The molecule has 25 heavy (non-hydrogen) atoms. The Labute approximate surface area is 160 Å². The minimum atomic E-state index is -0.129. The Morgan fingerprint density at radius 2 is 1.84 bits per heavy atom. The fourth-order valence-electron chi connectivity index (χ4n) is 2.65. The average Bonchev–Trinajstić information content (AvgIpc) is 2.93. The van der Waals surface area contributed by atoms with Gasteiger partial charge in [0.05, 0.1) is 17.6 Å². The number of ether oxygens (including phenoxy) is 1. The third kappa shape index (κ3) is 4.17. The summed E-state index contributed by atoms with van der Waals surface area (Å²) in [7, 11) is 1.61. The van der Waals surface area contributed by atoms with E-state index in [1.807, 2.05) is 61.5 Å². The van der Waals surface area contributed by atoms with E-state index in [1.165, 1.54) is 0 Å². The molecular formula is C20H18BrNO2S. The first-order valence-corrected chi connectivity index (χ1v) is 9.54. The predicted molar refractivity (Wildman–Crippen MR) is 108 cm³/mol. The van der Waals surface area contributed by atoms with Crippen LogP contribution in [0.5, 0.6) is 0 Å². The molecule has 1 amide bonds. The lowest BCUT2D eigenvalue weighted by Gasteiger charge is -2.10. The second-order valence-electron chi connectivity index (χ2n) is 5.59. The van der Waals surface area contributed by atoms with Crippen molar-refractivity contribution < 1.29 is 9.53 Å². The molecule has 0 saturated heterocycles. The minimum absolute atomic E-state index is 0.0281. The summed E-state index contributed by atoms with van der Waals surface area (Å²) in [5.41, 5.74) is 2.51. The van der Waals surface area contributed by atoms with E-state index in [2.05, 4.69) is 27.3 Å². The molecule has 2 aromatic rings. The van der Waals surface area contributed by atoms with Crippen molar-refractivity contribution in [3.63, 3.8) is 0 Å². The third-order valence-electron chi connectivity index (χ3n) is 3.83. The number of hydrogen-bond acceptors (Lipinski definition) is 3. The van der Waals surface area contributed by atoms with Gasteiger partial charge in [0.2, 0.25) is 0 Å². The number of anilines is 1. The van der Waals surface area contributed by atoms with Crippen LogP contribution in [0.2, 0.25) is 0 Å². The molecule has 1 heterocycles. The van der Waals surface area contributed by atoms with Crippen molar-refractivity contribution in [2.45, 2.75) is 12.2 Å². The lowest BCUT2D eigenvalue weighted by atomic mass is 10.1. The zero-order valence-corrected chi connectivity index (χ0v) is 16.4. The molecule has 1 atom stereocenters. The van der Waals surface area contributed by atoms with Gasteiger partial charge < -0.3 is 10.1 Å². The largest absolute Gasteiger partial charge is 0.495 e. The number of rotatable bonds is 4. The van der Waals surface area contributed by atoms with E-state index in [0.717, 1.165) is 20.6 Å². The van der Waals surface area contributed by atoms with Gasteiger partial charge >= 0.3 is 0 Å². The van der Waals surface area contributed by atoms with Crippen LogP contribution in [0.3, 0.4) is 0 Å². The van der Waals surface area contributed by atoms with Crippen LogP contribution < -0.4 is 5.32 Å². The van der Waals surface area contributed by atoms with E-state index in [-0.39, 0.29) is 11.2 Å². The van der Waals surface area contributed by atoms with Gasteiger partial charge in [-0.1, -0.05) is 46.3 Å². The summed E-state index contributed by atoms with van der Waals surface area (Å²) >= 11 is 5.03. The molecule has 0 saturated carbocycles. The third-order valence-corrected chi connectivity index (χ3v) is 5.50. The normalized spacial score (nSPS) is 18.5. The molecule has 3 nitrogen and oxygen atoms in total. The smallest absolute Gasteiger partial charge is 0.256 e. The van der Waals surface area contributed by atoms with E-state index >= 15 is 0 Å². The van der Waals surface area contributed by atoms with Crippen molar-refractivity contribution in [3.8, 4) is 0 Å². The molecule has 0 radical (unpaired) electrons. The molecule has 128 valence electrons. The van der Waals surface area contributed by atoms with E-state index in [1.54, 1.807) is 18.9 Å². The van der Waals surface area contributed by atoms with Crippen molar-refractivity contribution in [2.75, 3.05) is 12.4 Å². The number of carbonyl (C=O) groups excluding carboxylic acids is 1. The lowest BCUT2D eigenvalue weighted by molar-refractivity contribution is -0.113. The molecule has 5 heteroatoms. The SMILES string of the molecule is COC1=C(C(=O)Nc2ccc(Br)cc2)C(C)S/C1=C\c1ccccc1. The van der Waals surface area contributed by atoms with Crippen LogP contribution in [0.4, 0.5) is 5.69 Å². The number of halogens is 1. The Hall–Kier alpha value is -1.98. The highest BCUT2D eigenvalue weighted by Crippen LogP contribution is 2.43. The van der Waals surface area contributed by atoms with Crippen molar-refractivity contribution >= 4 is 45.4 Å². The summed E-state index contributed by atoms with van der Waals surface area (Å²) in [6.07, 6.45) is 2.06. The van der Waals surface area contributed by atoms with Crippen molar-refractivity contribution in [1.82, 2.24) is 0 Å². The zero-order chi connectivity index (χ0) is 17.8. The molecule has 0 spiro atoms. The number of carbonyl (C=O) groups is 1. The number of nitrogens with one attached hydrogen (secondary N) is 1. The van der Waals surface area contributed by atoms with E-state index in [9.17, 15) is 4.79 Å². The Kier molecular flexibility index (Phi) is 5.66. The molecule has 0 aromatic heterocycles. The first-order chi connectivity index (χ1) is 12.1. The minimum Gasteiger partial charge on any atom is -0.495 e. The van der Waals surface area contributed by atoms with Crippen LogP contribution in [0, 0.1) is 0 Å². The second kappa shape index (κ2) is 7.93. The Morgan fingerprint density at radius 1 is 1.16 bits per heavy atom. The molecule has 0 fully saturated rings. The quantitative estimate of drug-likeness (QED) is 0.719. The molecule has 1 aliphatic heterocycles. The summed E-state index contributed by atoms with van der Waals surface area (Å²) < 4.78 is 6.55. The van der Waals surface area contributed by atoms with Crippen LogP contribution in [0.25, 0.3) is 6.08 Å². The Balaban J connectivity index is 1.89. The van der Waals surface area contributed by atoms with Crippen LogP contribution >= 0.6 is 27.7 Å². The summed E-state index contributed by atoms with van der Waals surface area (Å²) in [6, 6.07) is 17.6. The van der Waals surface area contributed by atoms with Crippen LogP contribution in [-0.2, 0) is 9.53 Å². The summed E-state index contributed by atoms with van der Waals surface area (Å²) in [4.78, 5) is 13.8. The number of methoxy groups -OCH3 is 1. The highest BCUT2D eigenvalue weighted by molar-refractivity contribution is 9.10. The predicted octanol–water partition coefficient (Wildman–Crippen LogP) is 5.46. The second-order valence-corrected chi connectivity index (χ2v) is 7.89. The highest BCUT2D eigenvalue weighted by atomic mass is 79.9. The fraction of sp³-hybridized carbons (Fsp3) is 0.150. The van der Waals surface area contributed by atoms with Crippen molar-refractivity contribution in [1.29, 1.82) is 0 Å². The molecule has 1 aliphatic rings. The van der Waals surface area contributed by atoms with Crippen LogP contribution in [0.1, 0.15) is 12.5 Å². The molecule has 2 aromatic carbocycles. The number of thioether (sulfide) groups is 1. The fourth-order valence-corrected chi connectivity index (χ4v) is 4.13. The monoisotopic (exact) mass is 415 g/mol. The topological polar surface area (TPSA) is 38.3 Å². The highest BCUT2D eigenvalue weighted by Gasteiger charge is 2.33. The van der Waals surface area contributed by atoms with Gasteiger partial charge in [-0.3, -0.25) is 4.79 Å². The Morgan fingerprint density at radius 3 is 2.48 bits per heavy atom. The van der Waals surface area contributed by atoms with Crippen LogP contribution in [0.15, 0.2) is 75.3 Å². The number of amides is 1. The average molecular weight is 416 g/mol. The van der Waals surface area contributed by atoms with Gasteiger partial charge in [-0.2, -0.15) is 0 Å².